The predicted molar refractivity (Wildman–Crippen MR) is 98.5 cm³/mol. The molecule has 0 fully saturated rings. The SMILES string of the molecule is CCOC(=O)/C=C/c1cc(OS(=O)(=O)C(F)(F)F)ccc1-c1cccc(C=O)c1. The Hall–Kier alpha value is -3.14. The van der Waals surface area contributed by atoms with Crippen molar-refractivity contribution in [2.24, 2.45) is 0 Å². The second-order valence-electron chi connectivity index (χ2n) is 5.56. The summed E-state index contributed by atoms with van der Waals surface area (Å²) in [7, 11) is -5.86. The Labute approximate surface area is 164 Å². The molecule has 2 aromatic rings. The van der Waals surface area contributed by atoms with Gasteiger partial charge in [-0.3, -0.25) is 4.79 Å². The molecule has 0 radical (unpaired) electrons. The van der Waals surface area contributed by atoms with Crippen molar-refractivity contribution in [1.82, 2.24) is 0 Å². The number of carbonyl (C=O) groups is 2. The number of esters is 1. The van der Waals surface area contributed by atoms with Crippen molar-refractivity contribution in [3.63, 3.8) is 0 Å². The van der Waals surface area contributed by atoms with Gasteiger partial charge in [-0.05, 0) is 47.9 Å². The van der Waals surface area contributed by atoms with E-state index in [0.717, 1.165) is 18.2 Å². The summed E-state index contributed by atoms with van der Waals surface area (Å²) in [5.41, 5.74) is -4.13. The molecule has 0 heterocycles. The van der Waals surface area contributed by atoms with Gasteiger partial charge in [0.05, 0.1) is 6.61 Å². The number of aldehydes is 1. The molecule has 0 saturated carbocycles. The Morgan fingerprint density at radius 2 is 1.86 bits per heavy atom. The second kappa shape index (κ2) is 8.91. The molecule has 0 aliphatic heterocycles. The van der Waals surface area contributed by atoms with Crippen molar-refractivity contribution in [3.8, 4) is 16.9 Å². The van der Waals surface area contributed by atoms with E-state index in [-0.39, 0.29) is 12.2 Å². The van der Waals surface area contributed by atoms with Crippen LogP contribution in [0, 0.1) is 0 Å². The molecule has 0 aliphatic carbocycles. The summed E-state index contributed by atoms with van der Waals surface area (Å²) >= 11 is 0. The van der Waals surface area contributed by atoms with Gasteiger partial charge >= 0.3 is 21.6 Å². The van der Waals surface area contributed by atoms with Crippen LogP contribution in [0.2, 0.25) is 0 Å². The van der Waals surface area contributed by atoms with E-state index in [4.69, 9.17) is 4.74 Å². The summed E-state index contributed by atoms with van der Waals surface area (Å²) in [4.78, 5) is 22.6. The second-order valence-corrected chi connectivity index (χ2v) is 7.10. The molecule has 0 aromatic heterocycles. The summed E-state index contributed by atoms with van der Waals surface area (Å²) in [6, 6.07) is 9.69. The molecule has 0 bridgehead atoms. The molecule has 0 saturated heterocycles. The van der Waals surface area contributed by atoms with Gasteiger partial charge in [-0.25, -0.2) is 4.79 Å². The van der Waals surface area contributed by atoms with Crippen LogP contribution in [-0.2, 0) is 19.6 Å². The molecule has 2 rings (SSSR count). The van der Waals surface area contributed by atoms with E-state index in [1.807, 2.05) is 0 Å². The molecular weight excluding hydrogens is 413 g/mol. The van der Waals surface area contributed by atoms with E-state index in [0.29, 0.717) is 23.0 Å². The molecule has 10 heteroatoms. The van der Waals surface area contributed by atoms with Gasteiger partial charge in [0.15, 0.2) is 0 Å². The number of halogens is 3. The van der Waals surface area contributed by atoms with E-state index in [1.165, 1.54) is 18.2 Å². The fourth-order valence-electron chi connectivity index (χ4n) is 2.30. The zero-order chi connectivity index (χ0) is 21.7. The van der Waals surface area contributed by atoms with E-state index < -0.39 is 27.3 Å². The quantitative estimate of drug-likeness (QED) is 0.218. The van der Waals surface area contributed by atoms with E-state index in [2.05, 4.69) is 4.18 Å². The standard InChI is InChI=1S/C19H15F3O6S/c1-2-27-18(24)9-6-15-11-16(28-29(25,26)19(20,21)22)7-8-17(15)14-5-3-4-13(10-14)12-23/h3-12H,2H2,1H3/b9-6+. The lowest BCUT2D eigenvalue weighted by Crippen LogP contribution is -2.28. The van der Waals surface area contributed by atoms with Crippen molar-refractivity contribution < 1.29 is 40.1 Å². The van der Waals surface area contributed by atoms with Crippen LogP contribution in [0.3, 0.4) is 0 Å². The van der Waals surface area contributed by atoms with Gasteiger partial charge in [0.25, 0.3) is 0 Å². The van der Waals surface area contributed by atoms with Crippen molar-refractivity contribution in [2.45, 2.75) is 12.4 Å². The van der Waals surface area contributed by atoms with Gasteiger partial charge < -0.3 is 8.92 Å². The average Bonchev–Trinajstić information content (AvgIpc) is 2.65. The highest BCUT2D eigenvalue weighted by Gasteiger charge is 2.48. The third kappa shape index (κ3) is 5.67. The number of rotatable bonds is 7. The number of benzene rings is 2. The first-order chi connectivity index (χ1) is 13.6. The summed E-state index contributed by atoms with van der Waals surface area (Å²) in [6.45, 7) is 1.71. The number of hydrogen-bond acceptors (Lipinski definition) is 6. The average molecular weight is 428 g/mol. The highest BCUT2D eigenvalue weighted by atomic mass is 32.2. The molecular formula is C19H15F3O6S. The van der Waals surface area contributed by atoms with Crippen LogP contribution in [0.5, 0.6) is 5.75 Å². The van der Waals surface area contributed by atoms with Crippen LogP contribution < -0.4 is 4.18 Å². The topological polar surface area (TPSA) is 86.7 Å². The maximum Gasteiger partial charge on any atom is 0.534 e. The lowest BCUT2D eigenvalue weighted by atomic mass is 9.97. The van der Waals surface area contributed by atoms with Gasteiger partial charge in [0.1, 0.15) is 12.0 Å². The predicted octanol–water partition coefficient (Wildman–Crippen LogP) is 3.97. The first-order valence-electron chi connectivity index (χ1n) is 8.12. The third-order valence-electron chi connectivity index (χ3n) is 3.53. The number of ether oxygens (including phenoxy) is 1. The minimum Gasteiger partial charge on any atom is -0.463 e. The van der Waals surface area contributed by atoms with Crippen molar-refractivity contribution in [1.29, 1.82) is 0 Å². The molecule has 154 valence electrons. The fraction of sp³-hybridized carbons (Fsp3) is 0.158. The largest absolute Gasteiger partial charge is 0.534 e. The van der Waals surface area contributed by atoms with Crippen LogP contribution in [0.4, 0.5) is 13.2 Å². The van der Waals surface area contributed by atoms with Crippen LogP contribution in [0.25, 0.3) is 17.2 Å². The van der Waals surface area contributed by atoms with Gasteiger partial charge in [-0.2, -0.15) is 21.6 Å². The Morgan fingerprint density at radius 3 is 2.48 bits per heavy atom. The molecule has 0 spiro atoms. The van der Waals surface area contributed by atoms with E-state index in [9.17, 15) is 31.2 Å². The monoisotopic (exact) mass is 428 g/mol. The van der Waals surface area contributed by atoms with Crippen molar-refractivity contribution in [3.05, 3.63) is 59.7 Å². The molecule has 0 amide bonds. The Morgan fingerprint density at radius 1 is 1.14 bits per heavy atom. The molecule has 0 atom stereocenters. The number of alkyl halides is 3. The number of carbonyl (C=O) groups excluding carboxylic acids is 2. The minimum atomic E-state index is -5.86. The lowest BCUT2D eigenvalue weighted by molar-refractivity contribution is -0.137. The zero-order valence-electron chi connectivity index (χ0n) is 15.0. The molecule has 29 heavy (non-hydrogen) atoms. The van der Waals surface area contributed by atoms with E-state index >= 15 is 0 Å². The highest BCUT2D eigenvalue weighted by molar-refractivity contribution is 7.88. The normalized spacial score (nSPS) is 12.0. The lowest BCUT2D eigenvalue weighted by Gasteiger charge is -2.12. The Bertz CT molecular complexity index is 1040. The summed E-state index contributed by atoms with van der Waals surface area (Å²) in [6.07, 6.45) is 2.90. The van der Waals surface area contributed by atoms with Gasteiger partial charge in [0, 0.05) is 11.6 Å². The zero-order valence-corrected chi connectivity index (χ0v) is 15.8. The minimum absolute atomic E-state index is 0.115. The van der Waals surface area contributed by atoms with Gasteiger partial charge in [-0.1, -0.05) is 24.3 Å². The van der Waals surface area contributed by atoms with E-state index in [1.54, 1.807) is 25.1 Å². The molecule has 0 aliphatic rings. The summed E-state index contributed by atoms with van der Waals surface area (Å²) in [5.74, 6) is -1.30. The molecule has 2 aromatic carbocycles. The van der Waals surface area contributed by atoms with Crippen LogP contribution in [-0.4, -0.2) is 32.8 Å². The first-order valence-corrected chi connectivity index (χ1v) is 9.53. The van der Waals surface area contributed by atoms with Crippen molar-refractivity contribution >= 4 is 28.4 Å². The molecule has 6 nitrogen and oxygen atoms in total. The fourth-order valence-corrected chi connectivity index (χ4v) is 2.75. The Balaban J connectivity index is 2.53. The third-order valence-corrected chi connectivity index (χ3v) is 4.51. The highest BCUT2D eigenvalue weighted by Crippen LogP contribution is 2.32. The molecule has 0 unspecified atom stereocenters. The maximum atomic E-state index is 12.6. The smallest absolute Gasteiger partial charge is 0.463 e. The summed E-state index contributed by atoms with van der Waals surface area (Å²) in [5, 5.41) is 0. The Kier molecular flexibility index (Phi) is 6.80. The van der Waals surface area contributed by atoms with Gasteiger partial charge in [-0.15, -0.1) is 0 Å². The van der Waals surface area contributed by atoms with Crippen LogP contribution in [0.1, 0.15) is 22.8 Å². The van der Waals surface area contributed by atoms with Gasteiger partial charge in [0.2, 0.25) is 0 Å². The maximum absolute atomic E-state index is 12.6. The van der Waals surface area contributed by atoms with Crippen molar-refractivity contribution in [2.75, 3.05) is 6.61 Å². The summed E-state index contributed by atoms with van der Waals surface area (Å²) < 4.78 is 69.1. The number of hydrogen-bond donors (Lipinski definition) is 0. The van der Waals surface area contributed by atoms with Crippen LogP contribution >= 0.6 is 0 Å². The van der Waals surface area contributed by atoms with Crippen LogP contribution in [0.15, 0.2) is 48.5 Å². The molecule has 0 N–H and O–H groups in total. The first kappa shape index (κ1) is 22.2.